The molecule has 1 aromatic carbocycles. The van der Waals surface area contributed by atoms with E-state index in [9.17, 15) is 14.4 Å². The number of pyridine rings is 1. The Balaban J connectivity index is 2.06. The number of nitrogens with one attached hydrogen (secondary N) is 2. The predicted octanol–water partition coefficient (Wildman–Crippen LogP) is 3.45. The predicted molar refractivity (Wildman–Crippen MR) is 118 cm³/mol. The molecule has 0 saturated carbocycles. The minimum absolute atomic E-state index is 0.000203. The zero-order chi connectivity index (χ0) is 22.1. The summed E-state index contributed by atoms with van der Waals surface area (Å²) in [6, 6.07) is 12.6. The molecular weight excluding hydrogens is 380 g/mol. The molecule has 160 valence electrons. The number of aryl methyl sites for hydroxylation is 1. The molecule has 0 bridgehead atoms. The van der Waals surface area contributed by atoms with E-state index in [-0.39, 0.29) is 42.6 Å². The average Bonchev–Trinajstić information content (AvgIpc) is 2.70. The third-order valence-corrected chi connectivity index (χ3v) is 4.78. The van der Waals surface area contributed by atoms with Crippen LogP contribution in [0, 0.1) is 6.92 Å². The molecule has 1 aromatic heterocycles. The van der Waals surface area contributed by atoms with Gasteiger partial charge in [0.1, 0.15) is 12.4 Å². The molecule has 0 aliphatic rings. The van der Waals surface area contributed by atoms with E-state index in [2.05, 4.69) is 15.6 Å². The topological polar surface area (TPSA) is 91.4 Å². The highest BCUT2D eigenvalue weighted by molar-refractivity contribution is 6.01. The number of benzene rings is 1. The highest BCUT2D eigenvalue weighted by Gasteiger charge is 2.24. The zero-order valence-electron chi connectivity index (χ0n) is 18.1. The second-order valence-electron chi connectivity index (χ2n) is 7.87. The molecule has 0 atom stereocenters. The number of aromatic nitrogens is 1. The maximum absolute atomic E-state index is 12.9. The molecule has 0 spiro atoms. The highest BCUT2D eigenvalue weighted by Crippen LogP contribution is 2.18. The van der Waals surface area contributed by atoms with Gasteiger partial charge in [0.2, 0.25) is 17.7 Å². The normalized spacial score (nSPS) is 10.9. The molecule has 0 unspecified atom stereocenters. The van der Waals surface area contributed by atoms with Gasteiger partial charge < -0.3 is 15.5 Å². The molecule has 7 nitrogen and oxygen atoms in total. The van der Waals surface area contributed by atoms with E-state index < -0.39 is 0 Å². The van der Waals surface area contributed by atoms with Gasteiger partial charge in [0.25, 0.3) is 0 Å². The number of hydrogen-bond donors (Lipinski definition) is 2. The second-order valence-corrected chi connectivity index (χ2v) is 7.87. The van der Waals surface area contributed by atoms with Crippen LogP contribution in [-0.4, -0.2) is 34.8 Å². The third-order valence-electron chi connectivity index (χ3n) is 4.78. The van der Waals surface area contributed by atoms with Crippen LogP contribution < -0.4 is 15.5 Å². The van der Waals surface area contributed by atoms with Crippen molar-refractivity contribution in [2.24, 2.45) is 0 Å². The van der Waals surface area contributed by atoms with Gasteiger partial charge >= 0.3 is 0 Å². The Morgan fingerprint density at radius 3 is 2.43 bits per heavy atom. The molecule has 0 aliphatic heterocycles. The van der Waals surface area contributed by atoms with E-state index in [0.717, 1.165) is 12.0 Å². The number of amides is 3. The highest BCUT2D eigenvalue weighted by atomic mass is 16.2. The number of rotatable bonds is 9. The molecule has 2 rings (SSSR count). The summed E-state index contributed by atoms with van der Waals surface area (Å²) in [6.45, 7) is 7.68. The van der Waals surface area contributed by atoms with Crippen molar-refractivity contribution < 1.29 is 14.4 Å². The lowest BCUT2D eigenvalue weighted by Crippen LogP contribution is -2.48. The first-order valence-electron chi connectivity index (χ1n) is 10.1. The summed E-state index contributed by atoms with van der Waals surface area (Å²) >= 11 is 0. The van der Waals surface area contributed by atoms with Crippen LogP contribution in [0.15, 0.2) is 48.7 Å². The van der Waals surface area contributed by atoms with E-state index in [4.69, 9.17) is 0 Å². The van der Waals surface area contributed by atoms with Crippen LogP contribution in [0.1, 0.15) is 45.6 Å². The minimum atomic E-state index is -0.360. The molecule has 1 heterocycles. The Morgan fingerprint density at radius 1 is 1.03 bits per heavy atom. The quantitative estimate of drug-likeness (QED) is 0.662. The second kappa shape index (κ2) is 10.5. The summed E-state index contributed by atoms with van der Waals surface area (Å²) in [5.41, 5.74) is 1.25. The summed E-state index contributed by atoms with van der Waals surface area (Å²) in [5.74, 6) is -0.398. The first-order chi connectivity index (χ1) is 14.2. The van der Waals surface area contributed by atoms with Crippen molar-refractivity contribution in [2.75, 3.05) is 16.8 Å². The van der Waals surface area contributed by atoms with Crippen molar-refractivity contribution in [1.82, 2.24) is 10.3 Å². The van der Waals surface area contributed by atoms with E-state index in [1.807, 2.05) is 45.9 Å². The van der Waals surface area contributed by atoms with Crippen LogP contribution in [0.4, 0.5) is 11.5 Å². The number of carbonyl (C=O) groups is 3. The van der Waals surface area contributed by atoms with Crippen LogP contribution in [0.5, 0.6) is 0 Å². The Bertz CT molecular complexity index is 881. The monoisotopic (exact) mass is 410 g/mol. The third kappa shape index (κ3) is 7.31. The van der Waals surface area contributed by atoms with Crippen LogP contribution in [-0.2, 0) is 14.4 Å². The average molecular weight is 411 g/mol. The van der Waals surface area contributed by atoms with E-state index >= 15 is 0 Å². The van der Waals surface area contributed by atoms with Gasteiger partial charge in [0, 0.05) is 30.3 Å². The largest absolute Gasteiger partial charge is 0.350 e. The first-order valence-corrected chi connectivity index (χ1v) is 10.1. The molecule has 0 aliphatic carbocycles. The van der Waals surface area contributed by atoms with Crippen molar-refractivity contribution in [3.05, 3.63) is 54.2 Å². The standard InChI is InChI=1S/C23H30N4O3/c1-5-23(3,4)26-21(29)16-27(18-10-8-9-17(2)15-18)22(30)13-12-20(28)25-19-11-6-7-14-24-19/h6-11,14-15H,5,12-13,16H2,1-4H3,(H,26,29)(H,24,25,28). The lowest BCUT2D eigenvalue weighted by atomic mass is 10.0. The number of hydrogen-bond acceptors (Lipinski definition) is 4. The van der Waals surface area contributed by atoms with Crippen molar-refractivity contribution in [3.63, 3.8) is 0 Å². The number of nitrogens with zero attached hydrogens (tertiary/aromatic N) is 2. The van der Waals surface area contributed by atoms with Crippen LogP contribution in [0.2, 0.25) is 0 Å². The lowest BCUT2D eigenvalue weighted by Gasteiger charge is -2.28. The molecule has 3 amide bonds. The molecule has 0 saturated heterocycles. The Kier molecular flexibility index (Phi) is 8.09. The molecule has 7 heteroatoms. The SMILES string of the molecule is CCC(C)(C)NC(=O)CN(C(=O)CCC(=O)Nc1ccccn1)c1cccc(C)c1. The summed E-state index contributed by atoms with van der Waals surface area (Å²) in [6.07, 6.45) is 2.33. The van der Waals surface area contributed by atoms with Gasteiger partial charge in [0.05, 0.1) is 0 Å². The first kappa shape index (κ1) is 23.1. The Labute approximate surface area is 177 Å². The molecule has 2 N–H and O–H groups in total. The molecule has 0 radical (unpaired) electrons. The Morgan fingerprint density at radius 2 is 1.80 bits per heavy atom. The minimum Gasteiger partial charge on any atom is -0.350 e. The van der Waals surface area contributed by atoms with Gasteiger partial charge in [-0.2, -0.15) is 0 Å². The molecule has 2 aromatic rings. The fourth-order valence-corrected chi connectivity index (χ4v) is 2.77. The van der Waals surface area contributed by atoms with Gasteiger partial charge in [-0.25, -0.2) is 4.98 Å². The summed E-state index contributed by atoms with van der Waals surface area (Å²) < 4.78 is 0. The number of anilines is 2. The van der Waals surface area contributed by atoms with Crippen molar-refractivity contribution in [3.8, 4) is 0 Å². The van der Waals surface area contributed by atoms with Gasteiger partial charge in [0.15, 0.2) is 0 Å². The van der Waals surface area contributed by atoms with E-state index in [0.29, 0.717) is 11.5 Å². The summed E-state index contributed by atoms with van der Waals surface area (Å²) in [7, 11) is 0. The zero-order valence-corrected chi connectivity index (χ0v) is 18.1. The van der Waals surface area contributed by atoms with Crippen LogP contribution >= 0.6 is 0 Å². The van der Waals surface area contributed by atoms with E-state index in [1.54, 1.807) is 30.5 Å². The van der Waals surface area contributed by atoms with Crippen molar-refractivity contribution in [2.45, 2.75) is 52.5 Å². The van der Waals surface area contributed by atoms with Crippen LogP contribution in [0.25, 0.3) is 0 Å². The van der Waals surface area contributed by atoms with Crippen LogP contribution in [0.3, 0.4) is 0 Å². The summed E-state index contributed by atoms with van der Waals surface area (Å²) in [5, 5.41) is 5.62. The van der Waals surface area contributed by atoms with Gasteiger partial charge in [-0.3, -0.25) is 14.4 Å². The lowest BCUT2D eigenvalue weighted by molar-refractivity contribution is -0.125. The van der Waals surface area contributed by atoms with Gasteiger partial charge in [-0.05, 0) is 57.0 Å². The Hall–Kier alpha value is -3.22. The fourth-order valence-electron chi connectivity index (χ4n) is 2.77. The maximum atomic E-state index is 12.9. The number of carbonyl (C=O) groups excluding carboxylic acids is 3. The molecule has 30 heavy (non-hydrogen) atoms. The fraction of sp³-hybridized carbons (Fsp3) is 0.391. The smallest absolute Gasteiger partial charge is 0.240 e. The summed E-state index contributed by atoms with van der Waals surface area (Å²) in [4.78, 5) is 43.2. The van der Waals surface area contributed by atoms with Crippen molar-refractivity contribution >= 4 is 29.2 Å². The van der Waals surface area contributed by atoms with E-state index in [1.165, 1.54) is 4.90 Å². The molecular formula is C23H30N4O3. The van der Waals surface area contributed by atoms with Gasteiger partial charge in [-0.1, -0.05) is 25.1 Å². The maximum Gasteiger partial charge on any atom is 0.240 e. The van der Waals surface area contributed by atoms with Crippen molar-refractivity contribution in [1.29, 1.82) is 0 Å². The molecule has 0 fully saturated rings. The van der Waals surface area contributed by atoms with Gasteiger partial charge in [-0.15, -0.1) is 0 Å².